The van der Waals surface area contributed by atoms with Crippen molar-refractivity contribution in [3.8, 4) is 34.1 Å². The Balaban J connectivity index is 1.55. The van der Waals surface area contributed by atoms with Crippen molar-refractivity contribution in [3.05, 3.63) is 112 Å². The third kappa shape index (κ3) is 5.22. The zero-order valence-corrected chi connectivity index (χ0v) is 21.9. The Hall–Kier alpha value is -5.18. The molecule has 0 radical (unpaired) electrons. The number of carbonyl (C=O) groups is 1. The fraction of sp³-hybridized carbons (Fsp3) is 0.129. The second-order valence-electron chi connectivity index (χ2n) is 8.82. The van der Waals surface area contributed by atoms with Crippen LogP contribution in [0.2, 0.25) is 0 Å². The van der Waals surface area contributed by atoms with E-state index in [0.29, 0.717) is 44.8 Å². The smallest absolute Gasteiger partial charge is 0.303 e. The summed E-state index contributed by atoms with van der Waals surface area (Å²) in [6.45, 7) is 1.29. The van der Waals surface area contributed by atoms with Crippen LogP contribution < -0.4 is 19.8 Å². The molecule has 1 atom stereocenters. The number of hydrogen-bond donors (Lipinski definition) is 1. The highest BCUT2D eigenvalue weighted by molar-refractivity contribution is 5.88. The second kappa shape index (κ2) is 11.3. The van der Waals surface area contributed by atoms with Crippen molar-refractivity contribution in [2.24, 2.45) is 0 Å². The highest BCUT2D eigenvalue weighted by Crippen LogP contribution is 2.38. The topological polar surface area (TPSA) is 99.7 Å². The minimum atomic E-state index is -0.870. The summed E-state index contributed by atoms with van der Waals surface area (Å²) in [6, 6.07) is 19.9. The number of methoxy groups -OCH3 is 2. The first kappa shape index (κ1) is 26.4. The summed E-state index contributed by atoms with van der Waals surface area (Å²) in [6.07, 6.45) is 2.14. The van der Waals surface area contributed by atoms with Gasteiger partial charge < -0.3 is 23.9 Å². The van der Waals surface area contributed by atoms with Crippen molar-refractivity contribution >= 4 is 16.9 Å². The number of nitrogens with zero attached hydrogens (tertiary/aromatic N) is 1. The molecule has 5 rings (SSSR count). The standard InChI is InChI=1S/C31H25FN2O6/c1-18(35)39-30(19-7-5-4-6-8-19)21-11-13-34-31(36)29(21)20-9-10-26(23(32)15-20)40-25-12-14-33-24-17-28(38-3)27(37-2)16-22(24)25/h4-17,30H,1-3H3,(H,34,36). The first-order chi connectivity index (χ1) is 19.4. The quantitative estimate of drug-likeness (QED) is 0.234. The fourth-order valence-corrected chi connectivity index (χ4v) is 4.51. The molecule has 5 aromatic rings. The van der Waals surface area contributed by atoms with Gasteiger partial charge in [0.2, 0.25) is 0 Å². The van der Waals surface area contributed by atoms with E-state index >= 15 is 4.39 Å². The van der Waals surface area contributed by atoms with Gasteiger partial charge in [-0.25, -0.2) is 4.39 Å². The maximum atomic E-state index is 15.5. The van der Waals surface area contributed by atoms with Gasteiger partial charge in [-0.05, 0) is 41.5 Å². The van der Waals surface area contributed by atoms with Gasteiger partial charge in [0.05, 0.1) is 25.3 Å². The number of aromatic nitrogens is 2. The van der Waals surface area contributed by atoms with Crippen molar-refractivity contribution < 1.29 is 28.1 Å². The number of aromatic amines is 1. The summed E-state index contributed by atoms with van der Waals surface area (Å²) in [7, 11) is 3.04. The Labute approximate surface area is 228 Å². The number of rotatable bonds is 8. The lowest BCUT2D eigenvalue weighted by molar-refractivity contribution is -0.144. The highest BCUT2D eigenvalue weighted by Gasteiger charge is 2.24. The second-order valence-corrected chi connectivity index (χ2v) is 8.82. The Bertz CT molecular complexity index is 1750. The summed E-state index contributed by atoms with van der Waals surface area (Å²) >= 11 is 0. The van der Waals surface area contributed by atoms with Gasteiger partial charge in [-0.15, -0.1) is 0 Å². The van der Waals surface area contributed by atoms with Crippen LogP contribution in [0.25, 0.3) is 22.0 Å². The zero-order valence-electron chi connectivity index (χ0n) is 21.9. The van der Waals surface area contributed by atoms with Crippen molar-refractivity contribution in [1.82, 2.24) is 9.97 Å². The molecule has 0 spiro atoms. The van der Waals surface area contributed by atoms with E-state index in [0.717, 1.165) is 0 Å². The lowest BCUT2D eigenvalue weighted by atomic mass is 9.94. The molecule has 0 fully saturated rings. The van der Waals surface area contributed by atoms with Gasteiger partial charge in [0, 0.05) is 36.3 Å². The monoisotopic (exact) mass is 540 g/mol. The summed E-state index contributed by atoms with van der Waals surface area (Å²) in [5.41, 5.74) is 1.67. The van der Waals surface area contributed by atoms with E-state index in [1.165, 1.54) is 39.5 Å². The third-order valence-electron chi connectivity index (χ3n) is 6.31. The molecule has 0 aliphatic heterocycles. The van der Waals surface area contributed by atoms with Crippen LogP contribution in [-0.4, -0.2) is 30.2 Å². The van der Waals surface area contributed by atoms with Crippen LogP contribution in [0.15, 0.2) is 90.0 Å². The van der Waals surface area contributed by atoms with E-state index in [1.54, 1.807) is 60.8 Å². The highest BCUT2D eigenvalue weighted by atomic mass is 19.1. The molecule has 1 unspecified atom stereocenters. The van der Waals surface area contributed by atoms with Crippen LogP contribution in [-0.2, 0) is 9.53 Å². The first-order valence-corrected chi connectivity index (χ1v) is 12.3. The number of ether oxygens (including phenoxy) is 4. The van der Waals surface area contributed by atoms with Gasteiger partial charge >= 0.3 is 5.97 Å². The van der Waals surface area contributed by atoms with Gasteiger partial charge in [0.25, 0.3) is 5.56 Å². The van der Waals surface area contributed by atoms with E-state index < -0.39 is 23.4 Å². The van der Waals surface area contributed by atoms with Crippen molar-refractivity contribution in [2.45, 2.75) is 13.0 Å². The predicted octanol–water partition coefficient (Wildman–Crippen LogP) is 6.19. The fourth-order valence-electron chi connectivity index (χ4n) is 4.51. The minimum absolute atomic E-state index is 0.0560. The third-order valence-corrected chi connectivity index (χ3v) is 6.31. The maximum absolute atomic E-state index is 15.5. The lowest BCUT2D eigenvalue weighted by Crippen LogP contribution is -2.17. The first-order valence-electron chi connectivity index (χ1n) is 12.3. The number of hydrogen-bond acceptors (Lipinski definition) is 7. The number of fused-ring (bicyclic) bond motifs is 1. The molecule has 0 aliphatic rings. The van der Waals surface area contributed by atoms with E-state index in [9.17, 15) is 9.59 Å². The summed E-state index contributed by atoms with van der Waals surface area (Å²) in [5.74, 6) is 0.0611. The number of pyridine rings is 2. The largest absolute Gasteiger partial charge is 0.493 e. The maximum Gasteiger partial charge on any atom is 0.303 e. The minimum Gasteiger partial charge on any atom is -0.493 e. The molecule has 0 aliphatic carbocycles. The predicted molar refractivity (Wildman–Crippen MR) is 147 cm³/mol. The van der Waals surface area contributed by atoms with E-state index in [-0.39, 0.29) is 11.3 Å². The summed E-state index contributed by atoms with van der Waals surface area (Å²) in [5, 5.41) is 0.595. The molecule has 0 bridgehead atoms. The summed E-state index contributed by atoms with van der Waals surface area (Å²) < 4.78 is 37.8. The normalized spacial score (nSPS) is 11.6. The summed E-state index contributed by atoms with van der Waals surface area (Å²) in [4.78, 5) is 32.0. The molecular weight excluding hydrogens is 515 g/mol. The number of benzene rings is 3. The Kier molecular flexibility index (Phi) is 7.46. The molecule has 2 aromatic heterocycles. The molecule has 40 heavy (non-hydrogen) atoms. The van der Waals surface area contributed by atoms with Crippen LogP contribution in [0.1, 0.15) is 24.2 Å². The van der Waals surface area contributed by atoms with Crippen molar-refractivity contribution in [3.63, 3.8) is 0 Å². The zero-order chi connectivity index (χ0) is 28.2. The van der Waals surface area contributed by atoms with Crippen LogP contribution in [0.3, 0.4) is 0 Å². The van der Waals surface area contributed by atoms with Crippen LogP contribution in [0.5, 0.6) is 23.0 Å². The lowest BCUT2D eigenvalue weighted by Gasteiger charge is -2.21. The molecule has 1 N–H and O–H groups in total. The molecule has 0 saturated heterocycles. The van der Waals surface area contributed by atoms with Crippen LogP contribution in [0.4, 0.5) is 4.39 Å². The number of esters is 1. The van der Waals surface area contributed by atoms with Gasteiger partial charge in [-0.2, -0.15) is 0 Å². The Morgan fingerprint density at radius 2 is 1.65 bits per heavy atom. The molecule has 0 saturated carbocycles. The van der Waals surface area contributed by atoms with Crippen LogP contribution >= 0.6 is 0 Å². The Morgan fingerprint density at radius 3 is 2.35 bits per heavy atom. The van der Waals surface area contributed by atoms with Crippen molar-refractivity contribution in [1.29, 1.82) is 0 Å². The van der Waals surface area contributed by atoms with Gasteiger partial charge in [0.1, 0.15) is 5.75 Å². The average Bonchev–Trinajstić information content (AvgIpc) is 2.96. The number of nitrogens with one attached hydrogen (secondary N) is 1. The van der Waals surface area contributed by atoms with Crippen molar-refractivity contribution in [2.75, 3.05) is 14.2 Å². The molecule has 0 amide bonds. The SMILES string of the molecule is COc1cc2nccc(Oc3ccc(-c4c(C(OC(C)=O)c5ccccc5)cc[nH]c4=O)cc3F)c2cc1OC. The van der Waals surface area contributed by atoms with Gasteiger partial charge in [0.15, 0.2) is 29.2 Å². The van der Waals surface area contributed by atoms with E-state index in [1.807, 2.05) is 6.07 Å². The Morgan fingerprint density at radius 1 is 0.900 bits per heavy atom. The number of halogens is 1. The molecule has 3 aromatic carbocycles. The molecular formula is C31H25FN2O6. The van der Waals surface area contributed by atoms with Gasteiger partial charge in [-0.3, -0.25) is 14.6 Å². The molecule has 8 nitrogen and oxygen atoms in total. The average molecular weight is 541 g/mol. The van der Waals surface area contributed by atoms with Gasteiger partial charge in [-0.1, -0.05) is 36.4 Å². The molecule has 9 heteroatoms. The van der Waals surface area contributed by atoms with Crippen LogP contribution in [0, 0.1) is 5.82 Å². The molecule has 202 valence electrons. The molecule has 2 heterocycles. The van der Waals surface area contributed by atoms with E-state index in [4.69, 9.17) is 18.9 Å². The number of carbonyl (C=O) groups excluding carboxylic acids is 1. The number of H-pyrrole nitrogens is 1. The van der Waals surface area contributed by atoms with E-state index in [2.05, 4.69) is 9.97 Å².